The van der Waals surface area contributed by atoms with Crippen molar-refractivity contribution in [2.75, 3.05) is 0 Å². The molecule has 0 aromatic heterocycles. The molecule has 0 radical (unpaired) electrons. The fourth-order valence-corrected chi connectivity index (χ4v) is 0.430. The van der Waals surface area contributed by atoms with Gasteiger partial charge in [0, 0.05) is 6.10 Å². The van der Waals surface area contributed by atoms with Crippen LogP contribution in [0.2, 0.25) is 6.32 Å². The van der Waals surface area contributed by atoms with Gasteiger partial charge in [0.25, 0.3) is 0 Å². The predicted molar refractivity (Wildman–Crippen MR) is 30.2 cm³/mol. The third-order valence-electron chi connectivity index (χ3n) is 0.912. The maximum Gasteiger partial charge on any atom is 1.00 e. The van der Waals surface area contributed by atoms with Crippen LogP contribution in [0.25, 0.3) is 0 Å². The van der Waals surface area contributed by atoms with E-state index < -0.39 is 19.4 Å². The second-order valence-electron chi connectivity index (χ2n) is 2.14. The van der Waals surface area contributed by atoms with E-state index in [0.29, 0.717) is 0 Å². The smallest absolute Gasteiger partial charge is 0.449 e. The fourth-order valence-electron chi connectivity index (χ4n) is 0.430. The van der Waals surface area contributed by atoms with Crippen LogP contribution in [0.5, 0.6) is 0 Å². The Kier molecular flexibility index (Phi) is 8.43. The Labute approximate surface area is 101 Å². The molecular formula is C4H9BF3KO. The van der Waals surface area contributed by atoms with Crippen LogP contribution >= 0.6 is 0 Å². The van der Waals surface area contributed by atoms with Crippen molar-refractivity contribution in [3.05, 3.63) is 0 Å². The molecular weight excluding hydrogens is 171 g/mol. The van der Waals surface area contributed by atoms with Crippen molar-refractivity contribution in [3.8, 4) is 0 Å². The van der Waals surface area contributed by atoms with E-state index in [4.69, 9.17) is 5.11 Å². The molecule has 0 saturated carbocycles. The molecule has 0 rings (SSSR count). The van der Waals surface area contributed by atoms with E-state index in [1.165, 1.54) is 6.92 Å². The summed E-state index contributed by atoms with van der Waals surface area (Å²) in [6.45, 7) is -3.34. The van der Waals surface area contributed by atoms with E-state index in [1.54, 1.807) is 0 Å². The van der Waals surface area contributed by atoms with Crippen molar-refractivity contribution in [1.82, 2.24) is 0 Å². The first-order valence-electron chi connectivity index (χ1n) is 2.81. The quantitative estimate of drug-likeness (QED) is 0.530. The summed E-state index contributed by atoms with van der Waals surface area (Å²) < 4.78 is 34.1. The first-order valence-corrected chi connectivity index (χ1v) is 2.81. The maximum absolute atomic E-state index is 11.4. The monoisotopic (exact) mass is 180 g/mol. The van der Waals surface area contributed by atoms with Gasteiger partial charge in [-0.1, -0.05) is 12.7 Å². The Morgan fingerprint density at radius 2 is 1.80 bits per heavy atom. The maximum atomic E-state index is 11.4. The summed E-state index contributed by atoms with van der Waals surface area (Å²) in [4.78, 5) is 0. The van der Waals surface area contributed by atoms with Crippen LogP contribution in [0.15, 0.2) is 0 Å². The van der Waals surface area contributed by atoms with Crippen LogP contribution < -0.4 is 51.4 Å². The van der Waals surface area contributed by atoms with Gasteiger partial charge in [-0.3, -0.25) is 0 Å². The molecule has 0 aliphatic rings. The Morgan fingerprint density at radius 3 is 1.90 bits per heavy atom. The summed E-state index contributed by atoms with van der Waals surface area (Å²) in [5.41, 5.74) is 0. The Bertz CT molecular complexity index is 85.1. The standard InChI is InChI=1S/C4H9BF3O.K/c1-4(9)2-3-5(6,7)8;/h4,9H,2-3H2,1H3;/q-1;+1. The first kappa shape index (κ1) is 14.0. The number of halogens is 3. The van der Waals surface area contributed by atoms with Gasteiger partial charge >= 0.3 is 58.4 Å². The molecule has 0 amide bonds. The minimum atomic E-state index is -4.69. The summed E-state index contributed by atoms with van der Waals surface area (Å²) in [5.74, 6) is 0. The van der Waals surface area contributed by atoms with E-state index in [9.17, 15) is 12.9 Å². The third-order valence-corrected chi connectivity index (χ3v) is 0.912. The Balaban J connectivity index is 0. The van der Waals surface area contributed by atoms with Gasteiger partial charge in [-0.05, 0) is 6.92 Å². The van der Waals surface area contributed by atoms with E-state index in [1.807, 2.05) is 0 Å². The van der Waals surface area contributed by atoms with Crippen LogP contribution in [0.4, 0.5) is 12.9 Å². The van der Waals surface area contributed by atoms with Crippen molar-refractivity contribution in [2.45, 2.75) is 25.8 Å². The fraction of sp³-hybridized carbons (Fsp3) is 1.00. The summed E-state index contributed by atoms with van der Waals surface area (Å²) >= 11 is 0. The molecule has 6 heteroatoms. The van der Waals surface area contributed by atoms with Gasteiger partial charge in [0.15, 0.2) is 0 Å². The zero-order chi connectivity index (χ0) is 7.49. The van der Waals surface area contributed by atoms with Gasteiger partial charge in [0.2, 0.25) is 0 Å². The van der Waals surface area contributed by atoms with Crippen molar-refractivity contribution in [3.63, 3.8) is 0 Å². The number of aliphatic hydroxyl groups is 1. The van der Waals surface area contributed by atoms with Crippen LogP contribution in [0.3, 0.4) is 0 Å². The topological polar surface area (TPSA) is 20.2 Å². The van der Waals surface area contributed by atoms with Crippen LogP contribution in [-0.4, -0.2) is 18.2 Å². The van der Waals surface area contributed by atoms with Gasteiger partial charge in [0.1, 0.15) is 0 Å². The zero-order valence-corrected chi connectivity index (χ0v) is 9.27. The minimum absolute atomic E-state index is 0. The molecule has 0 fully saturated rings. The normalized spacial score (nSPS) is 14.1. The summed E-state index contributed by atoms with van der Waals surface area (Å²) in [7, 11) is 0. The second-order valence-corrected chi connectivity index (χ2v) is 2.14. The molecule has 1 unspecified atom stereocenters. The Morgan fingerprint density at radius 1 is 1.40 bits per heavy atom. The first-order chi connectivity index (χ1) is 3.92. The molecule has 0 aromatic rings. The van der Waals surface area contributed by atoms with Gasteiger partial charge in [-0.15, -0.1) is 0 Å². The van der Waals surface area contributed by atoms with Gasteiger partial charge in [-0.25, -0.2) is 0 Å². The van der Waals surface area contributed by atoms with E-state index >= 15 is 0 Å². The SMILES string of the molecule is CC(O)CC[B-](F)(F)F.[K+]. The van der Waals surface area contributed by atoms with Crippen LogP contribution in [0, 0.1) is 0 Å². The number of hydrogen-bond acceptors (Lipinski definition) is 1. The molecule has 0 aliphatic carbocycles. The Hall–Kier alpha value is 1.45. The zero-order valence-electron chi connectivity index (χ0n) is 6.15. The average Bonchev–Trinajstić information content (AvgIpc) is 1.59. The van der Waals surface area contributed by atoms with Gasteiger partial charge in [-0.2, -0.15) is 0 Å². The molecule has 0 heterocycles. The molecule has 0 aliphatic heterocycles. The predicted octanol–water partition coefficient (Wildman–Crippen LogP) is -1.39. The van der Waals surface area contributed by atoms with Crippen molar-refractivity contribution < 1.29 is 69.4 Å². The summed E-state index contributed by atoms with van der Waals surface area (Å²) in [5, 5.41) is 8.43. The minimum Gasteiger partial charge on any atom is -0.449 e. The molecule has 0 spiro atoms. The van der Waals surface area contributed by atoms with Crippen molar-refractivity contribution >= 4 is 6.98 Å². The molecule has 1 nitrogen and oxygen atoms in total. The molecule has 0 saturated heterocycles. The number of aliphatic hydroxyl groups excluding tert-OH is 1. The number of rotatable bonds is 3. The van der Waals surface area contributed by atoms with E-state index in [-0.39, 0.29) is 57.8 Å². The largest absolute Gasteiger partial charge is 1.00 e. The van der Waals surface area contributed by atoms with Gasteiger partial charge < -0.3 is 18.1 Å². The molecule has 1 atom stereocenters. The third kappa shape index (κ3) is 12.2. The number of hydrogen-bond donors (Lipinski definition) is 1. The molecule has 0 aromatic carbocycles. The second kappa shape index (κ2) is 6.02. The molecule has 56 valence electrons. The molecule has 0 bridgehead atoms. The van der Waals surface area contributed by atoms with Gasteiger partial charge in [0.05, 0.1) is 0 Å². The summed E-state index contributed by atoms with van der Waals surface area (Å²) in [6.07, 6.45) is -1.85. The summed E-state index contributed by atoms with van der Waals surface area (Å²) in [6, 6.07) is 0. The van der Waals surface area contributed by atoms with E-state index in [2.05, 4.69) is 0 Å². The average molecular weight is 180 g/mol. The van der Waals surface area contributed by atoms with Crippen LogP contribution in [-0.2, 0) is 0 Å². The molecule has 10 heavy (non-hydrogen) atoms. The van der Waals surface area contributed by atoms with Crippen molar-refractivity contribution in [1.29, 1.82) is 0 Å². The van der Waals surface area contributed by atoms with Crippen molar-refractivity contribution in [2.24, 2.45) is 0 Å². The van der Waals surface area contributed by atoms with Crippen LogP contribution in [0.1, 0.15) is 13.3 Å². The van der Waals surface area contributed by atoms with E-state index in [0.717, 1.165) is 0 Å². The molecule has 1 N–H and O–H groups in total.